The van der Waals surface area contributed by atoms with Gasteiger partial charge in [-0.25, -0.2) is 0 Å². The van der Waals surface area contributed by atoms with E-state index in [0.29, 0.717) is 13.1 Å². The Morgan fingerprint density at radius 1 is 1.30 bits per heavy atom. The Morgan fingerprint density at radius 3 is 2.45 bits per heavy atom. The molecule has 0 aliphatic carbocycles. The van der Waals surface area contributed by atoms with E-state index in [0.717, 1.165) is 23.6 Å². The van der Waals surface area contributed by atoms with E-state index in [1.54, 1.807) is 0 Å². The van der Waals surface area contributed by atoms with Gasteiger partial charge in [0.25, 0.3) is 10.2 Å². The summed E-state index contributed by atoms with van der Waals surface area (Å²) in [6.07, 6.45) is 2.68. The molecule has 0 aromatic rings. The summed E-state index contributed by atoms with van der Waals surface area (Å²) in [5, 5.41) is 8.94. The number of aliphatic carboxylic acids is 1. The van der Waals surface area contributed by atoms with Crippen LogP contribution in [0.15, 0.2) is 0 Å². The second-order valence-corrected chi connectivity index (χ2v) is 7.37. The van der Waals surface area contributed by atoms with Crippen molar-refractivity contribution in [1.29, 1.82) is 0 Å². The molecule has 1 fully saturated rings. The van der Waals surface area contributed by atoms with E-state index in [-0.39, 0.29) is 12.6 Å². The van der Waals surface area contributed by atoms with Gasteiger partial charge in [0.05, 0.1) is 0 Å². The van der Waals surface area contributed by atoms with Crippen molar-refractivity contribution in [3.05, 3.63) is 0 Å². The Morgan fingerprint density at radius 2 is 1.95 bits per heavy atom. The fourth-order valence-corrected chi connectivity index (χ4v) is 4.10. The second kappa shape index (κ2) is 7.35. The van der Waals surface area contributed by atoms with Gasteiger partial charge in [0, 0.05) is 25.7 Å². The summed E-state index contributed by atoms with van der Waals surface area (Å²) in [5.41, 5.74) is 0. The molecule has 0 radical (unpaired) electrons. The highest BCUT2D eigenvalue weighted by Gasteiger charge is 2.35. The standard InChI is InChI=1S/C12H25N3O4S/c1-11-6-4-5-7-15(11)20(18,19)14(10-12(16)17)9-8-13(2)3/h11H,4-10H2,1-3H3,(H,16,17). The summed E-state index contributed by atoms with van der Waals surface area (Å²) >= 11 is 0. The first-order valence-electron chi connectivity index (χ1n) is 6.88. The first kappa shape index (κ1) is 17.4. The predicted octanol–water partition coefficient (Wildman–Crippen LogP) is 0.0538. The maximum atomic E-state index is 12.6. The first-order valence-corrected chi connectivity index (χ1v) is 8.28. The molecule has 0 bridgehead atoms. The van der Waals surface area contributed by atoms with Crippen LogP contribution in [0.1, 0.15) is 26.2 Å². The van der Waals surface area contributed by atoms with Crippen LogP contribution >= 0.6 is 0 Å². The predicted molar refractivity (Wildman–Crippen MR) is 76.7 cm³/mol. The van der Waals surface area contributed by atoms with Gasteiger partial charge in [-0.05, 0) is 33.9 Å². The van der Waals surface area contributed by atoms with Gasteiger partial charge in [0.2, 0.25) is 0 Å². The van der Waals surface area contributed by atoms with E-state index in [1.807, 2.05) is 25.9 Å². The third-order valence-electron chi connectivity index (χ3n) is 3.47. The number of piperidine rings is 1. The molecule has 20 heavy (non-hydrogen) atoms. The van der Waals surface area contributed by atoms with Gasteiger partial charge in [-0.3, -0.25) is 4.79 Å². The first-order chi connectivity index (χ1) is 9.25. The molecule has 7 nitrogen and oxygen atoms in total. The number of carboxylic acid groups (broad SMARTS) is 1. The van der Waals surface area contributed by atoms with Crippen LogP contribution in [0.2, 0.25) is 0 Å². The number of hydrogen-bond donors (Lipinski definition) is 1. The summed E-state index contributed by atoms with van der Waals surface area (Å²) in [6.45, 7) is 2.54. The molecule has 1 heterocycles. The molecular formula is C12H25N3O4S. The van der Waals surface area contributed by atoms with Gasteiger partial charge in [-0.15, -0.1) is 0 Å². The van der Waals surface area contributed by atoms with Crippen LogP contribution in [0.4, 0.5) is 0 Å². The molecule has 0 aromatic heterocycles. The molecule has 0 aromatic carbocycles. The molecule has 1 aliphatic rings. The number of likely N-dealkylation sites (N-methyl/N-ethyl adjacent to an activating group) is 1. The number of carbonyl (C=O) groups is 1. The molecule has 0 amide bonds. The lowest BCUT2D eigenvalue weighted by Gasteiger charge is -2.36. The lowest BCUT2D eigenvalue weighted by molar-refractivity contribution is -0.137. The summed E-state index contributed by atoms with van der Waals surface area (Å²) in [4.78, 5) is 12.8. The monoisotopic (exact) mass is 307 g/mol. The summed E-state index contributed by atoms with van der Waals surface area (Å²) in [6, 6.07) is -0.0654. The maximum absolute atomic E-state index is 12.6. The summed E-state index contributed by atoms with van der Waals surface area (Å²) < 4.78 is 27.7. The molecule has 1 saturated heterocycles. The second-order valence-electron chi connectivity index (χ2n) is 5.49. The minimum atomic E-state index is -3.70. The largest absolute Gasteiger partial charge is 0.480 e. The molecule has 118 valence electrons. The fourth-order valence-electron chi connectivity index (χ4n) is 2.30. The topological polar surface area (TPSA) is 81.2 Å². The average molecular weight is 307 g/mol. The molecule has 1 unspecified atom stereocenters. The van der Waals surface area contributed by atoms with E-state index >= 15 is 0 Å². The number of rotatable bonds is 7. The lowest BCUT2D eigenvalue weighted by Crippen LogP contribution is -2.52. The van der Waals surface area contributed by atoms with Crippen molar-refractivity contribution in [2.75, 3.05) is 40.3 Å². The van der Waals surface area contributed by atoms with E-state index < -0.39 is 22.7 Å². The number of carboxylic acids is 1. The van der Waals surface area contributed by atoms with Crippen LogP contribution in [0, 0.1) is 0 Å². The average Bonchev–Trinajstić information content (AvgIpc) is 2.34. The molecule has 8 heteroatoms. The summed E-state index contributed by atoms with van der Waals surface area (Å²) in [7, 11) is -0.0480. The van der Waals surface area contributed by atoms with Crippen molar-refractivity contribution in [3.8, 4) is 0 Å². The van der Waals surface area contributed by atoms with Gasteiger partial charge in [-0.1, -0.05) is 6.42 Å². The van der Waals surface area contributed by atoms with Crippen molar-refractivity contribution >= 4 is 16.2 Å². The Bertz CT molecular complexity index is 424. The Hall–Kier alpha value is -0.700. The van der Waals surface area contributed by atoms with Crippen molar-refractivity contribution < 1.29 is 18.3 Å². The summed E-state index contributed by atoms with van der Waals surface area (Å²) in [5.74, 6) is -1.13. The molecular weight excluding hydrogens is 282 g/mol. The van der Waals surface area contributed by atoms with Crippen LogP contribution in [-0.4, -0.2) is 79.3 Å². The minimum absolute atomic E-state index is 0.0654. The van der Waals surface area contributed by atoms with E-state index in [2.05, 4.69) is 0 Å². The van der Waals surface area contributed by atoms with E-state index in [9.17, 15) is 13.2 Å². The third kappa shape index (κ3) is 4.69. The van der Waals surface area contributed by atoms with Crippen LogP contribution in [0.3, 0.4) is 0 Å². The van der Waals surface area contributed by atoms with Crippen molar-refractivity contribution in [1.82, 2.24) is 13.5 Å². The Balaban J connectivity index is 2.87. The molecule has 0 saturated carbocycles. The van der Waals surface area contributed by atoms with Crippen LogP contribution < -0.4 is 0 Å². The van der Waals surface area contributed by atoms with Gasteiger partial charge < -0.3 is 10.0 Å². The molecule has 1 aliphatic heterocycles. The van der Waals surface area contributed by atoms with E-state index in [1.165, 1.54) is 4.31 Å². The zero-order chi connectivity index (χ0) is 15.3. The van der Waals surface area contributed by atoms with Gasteiger partial charge in [0.15, 0.2) is 0 Å². The van der Waals surface area contributed by atoms with Crippen LogP contribution in [0.25, 0.3) is 0 Å². The zero-order valence-electron chi connectivity index (χ0n) is 12.4. The zero-order valence-corrected chi connectivity index (χ0v) is 13.3. The lowest BCUT2D eigenvalue weighted by atomic mass is 10.1. The number of nitrogens with zero attached hydrogens (tertiary/aromatic N) is 3. The highest BCUT2D eigenvalue weighted by molar-refractivity contribution is 7.86. The SMILES string of the molecule is CC1CCCCN1S(=O)(=O)N(CCN(C)C)CC(=O)O. The molecule has 1 N–H and O–H groups in total. The Kier molecular flexibility index (Phi) is 6.38. The quantitative estimate of drug-likeness (QED) is 0.719. The smallest absolute Gasteiger partial charge is 0.318 e. The van der Waals surface area contributed by atoms with Gasteiger partial charge >= 0.3 is 5.97 Å². The van der Waals surface area contributed by atoms with Gasteiger partial charge in [0.1, 0.15) is 6.54 Å². The number of hydrogen-bond acceptors (Lipinski definition) is 4. The third-order valence-corrected chi connectivity index (χ3v) is 5.57. The van der Waals surface area contributed by atoms with E-state index in [4.69, 9.17) is 5.11 Å². The van der Waals surface area contributed by atoms with Crippen LogP contribution in [0.5, 0.6) is 0 Å². The highest BCUT2D eigenvalue weighted by atomic mass is 32.2. The highest BCUT2D eigenvalue weighted by Crippen LogP contribution is 2.22. The van der Waals surface area contributed by atoms with Gasteiger partial charge in [-0.2, -0.15) is 17.0 Å². The molecule has 0 spiro atoms. The maximum Gasteiger partial charge on any atom is 0.318 e. The fraction of sp³-hybridized carbons (Fsp3) is 0.917. The molecule has 1 rings (SSSR count). The molecule has 1 atom stereocenters. The van der Waals surface area contributed by atoms with Crippen molar-refractivity contribution in [2.45, 2.75) is 32.2 Å². The Labute approximate surface area is 121 Å². The van der Waals surface area contributed by atoms with Crippen molar-refractivity contribution in [3.63, 3.8) is 0 Å². The van der Waals surface area contributed by atoms with Crippen molar-refractivity contribution in [2.24, 2.45) is 0 Å². The normalized spacial score (nSPS) is 21.6. The minimum Gasteiger partial charge on any atom is -0.480 e. The van der Waals surface area contributed by atoms with Crippen LogP contribution in [-0.2, 0) is 15.0 Å².